The molecule has 2 N–H and O–H groups in total. The van der Waals surface area contributed by atoms with E-state index in [1.807, 2.05) is 22.6 Å². The van der Waals surface area contributed by atoms with Gasteiger partial charge >= 0.3 is 0 Å². The van der Waals surface area contributed by atoms with Crippen LogP contribution in [0.15, 0.2) is 0 Å². The summed E-state index contributed by atoms with van der Waals surface area (Å²) in [4.78, 5) is 0. The summed E-state index contributed by atoms with van der Waals surface area (Å²) >= 11 is 2.00. The second-order valence-corrected chi connectivity index (χ2v) is 1.87. The van der Waals surface area contributed by atoms with E-state index in [2.05, 4.69) is 0 Å². The van der Waals surface area contributed by atoms with Crippen molar-refractivity contribution in [2.45, 2.75) is 6.10 Å². The lowest BCUT2D eigenvalue weighted by Crippen LogP contribution is -2.12. The molecule has 46 valence electrons. The molecule has 0 bridgehead atoms. The van der Waals surface area contributed by atoms with Crippen LogP contribution in [0.2, 0.25) is 0 Å². The van der Waals surface area contributed by atoms with E-state index in [4.69, 9.17) is 10.2 Å². The molecule has 0 aliphatic heterocycles. The number of alkyl halides is 1. The predicted molar refractivity (Wildman–Crippen MR) is 47.4 cm³/mol. The molecular formula is C3H8I2O2. The van der Waals surface area contributed by atoms with Crippen molar-refractivity contribution in [1.82, 2.24) is 0 Å². The highest BCUT2D eigenvalue weighted by molar-refractivity contribution is 14.1. The zero-order chi connectivity index (χ0) is 4.99. The standard InChI is InChI=1S/C3H7IO2.HI/c4-1-3(6)2-5;/h3,5-6H,1-2H2;1H. The summed E-state index contributed by atoms with van der Waals surface area (Å²) in [6.45, 7) is -0.122. The monoisotopic (exact) mass is 330 g/mol. The molecule has 0 fully saturated rings. The Kier molecular flexibility index (Phi) is 11.8. The summed E-state index contributed by atoms with van der Waals surface area (Å²) in [7, 11) is 0. The van der Waals surface area contributed by atoms with Gasteiger partial charge in [-0.2, -0.15) is 0 Å². The molecule has 0 amide bonds. The van der Waals surface area contributed by atoms with Crippen molar-refractivity contribution in [3.63, 3.8) is 0 Å². The molecule has 0 aliphatic carbocycles. The van der Waals surface area contributed by atoms with Crippen LogP contribution in [0.5, 0.6) is 0 Å². The lowest BCUT2D eigenvalue weighted by molar-refractivity contribution is 0.116. The largest absolute Gasteiger partial charge is 0.394 e. The topological polar surface area (TPSA) is 40.5 Å². The lowest BCUT2D eigenvalue weighted by atomic mass is 10.5. The quantitative estimate of drug-likeness (QED) is 0.568. The van der Waals surface area contributed by atoms with Crippen molar-refractivity contribution in [1.29, 1.82) is 0 Å². The van der Waals surface area contributed by atoms with E-state index in [0.29, 0.717) is 4.43 Å². The molecule has 4 heteroatoms. The molecule has 0 rings (SSSR count). The van der Waals surface area contributed by atoms with Crippen molar-refractivity contribution in [3.8, 4) is 0 Å². The van der Waals surface area contributed by atoms with Gasteiger partial charge in [0.1, 0.15) is 0 Å². The van der Waals surface area contributed by atoms with E-state index in [1.165, 1.54) is 0 Å². The van der Waals surface area contributed by atoms with Crippen molar-refractivity contribution in [2.75, 3.05) is 11.0 Å². The molecule has 0 saturated carbocycles. The average Bonchev–Trinajstić information content (AvgIpc) is 1.65. The fraction of sp³-hybridized carbons (Fsp3) is 1.00. The minimum Gasteiger partial charge on any atom is -0.394 e. The Labute approximate surface area is 73.5 Å². The van der Waals surface area contributed by atoms with Crippen LogP contribution in [0.25, 0.3) is 0 Å². The third kappa shape index (κ3) is 7.38. The van der Waals surface area contributed by atoms with Gasteiger partial charge in [-0.1, -0.05) is 22.6 Å². The van der Waals surface area contributed by atoms with Gasteiger partial charge in [-0.15, -0.1) is 24.0 Å². The number of hydrogen-bond donors (Lipinski definition) is 2. The predicted octanol–water partition coefficient (Wildman–Crippen LogP) is 0.393. The Morgan fingerprint density at radius 2 is 2.00 bits per heavy atom. The summed E-state index contributed by atoms with van der Waals surface area (Å²) in [6.07, 6.45) is -0.523. The number of halogens is 2. The summed E-state index contributed by atoms with van der Waals surface area (Å²) in [5.41, 5.74) is 0. The maximum absolute atomic E-state index is 8.41. The summed E-state index contributed by atoms with van der Waals surface area (Å²) in [5.74, 6) is 0. The third-order valence-electron chi connectivity index (χ3n) is 0.389. The van der Waals surface area contributed by atoms with Crippen LogP contribution in [0, 0.1) is 0 Å². The molecule has 0 aromatic carbocycles. The smallest absolute Gasteiger partial charge is 0.0860 e. The van der Waals surface area contributed by atoms with E-state index in [0.717, 1.165) is 0 Å². The van der Waals surface area contributed by atoms with Crippen LogP contribution in [0.3, 0.4) is 0 Å². The van der Waals surface area contributed by atoms with Gasteiger partial charge < -0.3 is 10.2 Å². The zero-order valence-corrected chi connectivity index (χ0v) is 8.16. The lowest BCUT2D eigenvalue weighted by Gasteiger charge is -1.96. The molecular weight excluding hydrogens is 322 g/mol. The van der Waals surface area contributed by atoms with E-state index < -0.39 is 6.10 Å². The molecule has 0 aromatic rings. The molecule has 0 aliphatic rings. The van der Waals surface area contributed by atoms with Crippen LogP contribution in [0.1, 0.15) is 0 Å². The van der Waals surface area contributed by atoms with E-state index >= 15 is 0 Å². The van der Waals surface area contributed by atoms with Crippen molar-refractivity contribution >= 4 is 46.6 Å². The normalized spacial score (nSPS) is 12.4. The Balaban J connectivity index is 0. The first-order chi connectivity index (χ1) is 2.81. The van der Waals surface area contributed by atoms with Crippen molar-refractivity contribution in [3.05, 3.63) is 0 Å². The minimum atomic E-state index is -0.523. The van der Waals surface area contributed by atoms with Crippen molar-refractivity contribution in [2.24, 2.45) is 0 Å². The van der Waals surface area contributed by atoms with Crippen LogP contribution in [-0.2, 0) is 0 Å². The molecule has 0 radical (unpaired) electrons. The fourth-order valence-electron chi connectivity index (χ4n) is 0.0488. The van der Waals surface area contributed by atoms with Crippen LogP contribution in [0.4, 0.5) is 0 Å². The molecule has 0 saturated heterocycles. The third-order valence-corrected chi connectivity index (χ3v) is 1.41. The van der Waals surface area contributed by atoms with Gasteiger partial charge in [-0.3, -0.25) is 0 Å². The SMILES string of the molecule is I.OCC(O)CI. The Morgan fingerprint density at radius 3 is 2.00 bits per heavy atom. The Hall–Kier alpha value is 1.38. The maximum atomic E-state index is 8.41. The minimum absolute atomic E-state index is 0. The first-order valence-electron chi connectivity index (χ1n) is 1.66. The van der Waals surface area contributed by atoms with Gasteiger partial charge in [0.15, 0.2) is 0 Å². The highest BCUT2D eigenvalue weighted by Gasteiger charge is 1.93. The van der Waals surface area contributed by atoms with Gasteiger partial charge in [-0.05, 0) is 0 Å². The van der Waals surface area contributed by atoms with Gasteiger partial charge in [0.2, 0.25) is 0 Å². The fourth-order valence-corrected chi connectivity index (χ4v) is 0.327. The number of aliphatic hydroxyl groups excluding tert-OH is 2. The van der Waals surface area contributed by atoms with Crippen molar-refractivity contribution < 1.29 is 10.2 Å². The first-order valence-corrected chi connectivity index (χ1v) is 3.18. The van der Waals surface area contributed by atoms with E-state index in [1.54, 1.807) is 0 Å². The molecule has 1 atom stereocenters. The summed E-state index contributed by atoms with van der Waals surface area (Å²) in [5, 5.41) is 16.5. The van der Waals surface area contributed by atoms with Crippen LogP contribution < -0.4 is 0 Å². The van der Waals surface area contributed by atoms with Gasteiger partial charge in [-0.25, -0.2) is 0 Å². The molecule has 0 aromatic heterocycles. The second kappa shape index (κ2) is 7.38. The van der Waals surface area contributed by atoms with E-state index in [9.17, 15) is 0 Å². The zero-order valence-electron chi connectivity index (χ0n) is 3.67. The number of rotatable bonds is 2. The molecule has 1 unspecified atom stereocenters. The summed E-state index contributed by atoms with van der Waals surface area (Å²) in [6, 6.07) is 0. The Bertz CT molecular complexity index is 30.1. The number of hydrogen-bond acceptors (Lipinski definition) is 2. The summed E-state index contributed by atoms with van der Waals surface area (Å²) < 4.78 is 0.605. The average molecular weight is 330 g/mol. The molecule has 0 spiro atoms. The Morgan fingerprint density at radius 1 is 1.57 bits per heavy atom. The van der Waals surface area contributed by atoms with Crippen LogP contribution in [-0.4, -0.2) is 27.4 Å². The van der Waals surface area contributed by atoms with Gasteiger partial charge in [0.25, 0.3) is 0 Å². The van der Waals surface area contributed by atoms with E-state index in [-0.39, 0.29) is 30.6 Å². The maximum Gasteiger partial charge on any atom is 0.0860 e. The highest BCUT2D eigenvalue weighted by atomic mass is 127. The number of aliphatic hydroxyl groups is 2. The first kappa shape index (κ1) is 11.2. The molecule has 7 heavy (non-hydrogen) atoms. The molecule has 2 nitrogen and oxygen atoms in total. The molecule has 0 heterocycles. The van der Waals surface area contributed by atoms with Gasteiger partial charge in [0, 0.05) is 4.43 Å². The van der Waals surface area contributed by atoms with Gasteiger partial charge in [0.05, 0.1) is 12.7 Å². The van der Waals surface area contributed by atoms with Crippen LogP contribution >= 0.6 is 46.6 Å². The second-order valence-electron chi connectivity index (χ2n) is 0.991. The highest BCUT2D eigenvalue weighted by Crippen LogP contribution is 1.86.